The van der Waals surface area contributed by atoms with Crippen molar-refractivity contribution in [2.45, 2.75) is 50.3 Å². The van der Waals surface area contributed by atoms with Crippen molar-refractivity contribution in [3.8, 4) is 0 Å². The van der Waals surface area contributed by atoms with Gasteiger partial charge in [-0.15, -0.1) is 12.4 Å². The van der Waals surface area contributed by atoms with E-state index in [-0.39, 0.29) is 18.5 Å². The third-order valence-corrected chi connectivity index (χ3v) is 5.34. The third kappa shape index (κ3) is 2.84. The number of rotatable bonds is 1. The molecule has 1 aromatic heterocycles. The summed E-state index contributed by atoms with van der Waals surface area (Å²) in [5, 5.41) is 0. The van der Waals surface area contributed by atoms with Crippen molar-refractivity contribution in [2.24, 2.45) is 0 Å². The van der Waals surface area contributed by atoms with Gasteiger partial charge in [-0.05, 0) is 32.0 Å². The summed E-state index contributed by atoms with van der Waals surface area (Å²) in [6, 6.07) is 8.13. The largest absolute Gasteiger partial charge is 0.445 e. The highest BCUT2D eigenvalue weighted by Gasteiger charge is 2.37. The van der Waals surface area contributed by atoms with Gasteiger partial charge >= 0.3 is 11.8 Å². The minimum atomic E-state index is -0.569. The lowest BCUT2D eigenvalue weighted by Gasteiger charge is -2.46. The van der Waals surface area contributed by atoms with Crippen LogP contribution in [0, 0.1) is 0 Å². The molecule has 1 N–H and O–H groups in total. The van der Waals surface area contributed by atoms with Gasteiger partial charge in [0, 0.05) is 24.9 Å². The number of aromatic amines is 1. The van der Waals surface area contributed by atoms with Crippen molar-refractivity contribution < 1.29 is 9.53 Å². The van der Waals surface area contributed by atoms with E-state index >= 15 is 0 Å². The summed E-state index contributed by atoms with van der Waals surface area (Å²) in [6.45, 7) is 0. The van der Waals surface area contributed by atoms with Crippen LogP contribution in [0.3, 0.4) is 0 Å². The number of carbonyl (C=O) groups is 1. The van der Waals surface area contributed by atoms with Crippen LogP contribution in [-0.2, 0) is 4.74 Å². The first kappa shape index (κ1) is 17.0. The molecule has 2 aromatic rings. The lowest BCUT2D eigenvalue weighted by molar-refractivity contribution is -0.0192. The van der Waals surface area contributed by atoms with Crippen LogP contribution in [0.5, 0.6) is 0 Å². The van der Waals surface area contributed by atoms with Crippen LogP contribution in [-0.4, -0.2) is 45.8 Å². The molecular weight excluding hydrogens is 330 g/mol. The molecule has 0 radical (unpaired) electrons. The third-order valence-electron chi connectivity index (χ3n) is 5.34. The Balaban J connectivity index is 0.00000169. The fourth-order valence-electron chi connectivity index (χ4n) is 4.09. The molecular formula is C17H22ClN3O3. The number of hydrogen-bond donors (Lipinski definition) is 1. The van der Waals surface area contributed by atoms with Gasteiger partial charge in [0.25, 0.3) is 0 Å². The Labute approximate surface area is 146 Å². The lowest BCUT2D eigenvalue weighted by Crippen LogP contribution is -2.52. The summed E-state index contributed by atoms with van der Waals surface area (Å²) in [5.74, 6) is 0. The molecule has 0 spiro atoms. The van der Waals surface area contributed by atoms with Crippen molar-refractivity contribution in [3.05, 3.63) is 34.7 Å². The molecule has 0 amide bonds. The van der Waals surface area contributed by atoms with Crippen LogP contribution in [0.15, 0.2) is 29.1 Å². The van der Waals surface area contributed by atoms with Gasteiger partial charge in [-0.2, -0.15) is 4.57 Å². The Hall–Kier alpha value is -1.79. The number of nitrogens with one attached hydrogen (secondary N) is 1. The van der Waals surface area contributed by atoms with E-state index in [1.54, 1.807) is 18.2 Å². The molecule has 0 saturated carbocycles. The van der Waals surface area contributed by atoms with Gasteiger partial charge in [0.2, 0.25) is 0 Å². The summed E-state index contributed by atoms with van der Waals surface area (Å²) in [4.78, 5) is 29.7. The molecule has 2 fully saturated rings. The van der Waals surface area contributed by atoms with Crippen LogP contribution in [0.2, 0.25) is 0 Å². The Kier molecular flexibility index (Phi) is 4.69. The first-order valence-electron chi connectivity index (χ1n) is 8.26. The second-order valence-electron chi connectivity index (χ2n) is 6.66. The number of carbonyl (C=O) groups excluding carboxylic acids is 1. The van der Waals surface area contributed by atoms with E-state index in [4.69, 9.17) is 4.74 Å². The first-order valence-corrected chi connectivity index (χ1v) is 8.26. The fourth-order valence-corrected chi connectivity index (χ4v) is 4.09. The van der Waals surface area contributed by atoms with Gasteiger partial charge < -0.3 is 14.6 Å². The maximum Gasteiger partial charge on any atom is 0.423 e. The number of para-hydroxylation sites is 2. The fraction of sp³-hybridized carbons (Fsp3) is 0.529. The average Bonchev–Trinajstić information content (AvgIpc) is 2.84. The van der Waals surface area contributed by atoms with Gasteiger partial charge in [0.15, 0.2) is 0 Å². The zero-order chi connectivity index (χ0) is 16.0. The number of fused-ring (bicyclic) bond motifs is 3. The number of H-pyrrole nitrogens is 1. The van der Waals surface area contributed by atoms with E-state index in [2.05, 4.69) is 16.9 Å². The number of halogens is 1. The molecule has 7 heteroatoms. The molecule has 2 aliphatic rings. The van der Waals surface area contributed by atoms with E-state index in [9.17, 15) is 9.59 Å². The smallest absolute Gasteiger partial charge is 0.423 e. The number of nitrogens with zero attached hydrogens (tertiary/aromatic N) is 2. The van der Waals surface area contributed by atoms with E-state index in [0.717, 1.165) is 30.3 Å². The van der Waals surface area contributed by atoms with Crippen LogP contribution in [0.25, 0.3) is 11.0 Å². The molecule has 2 aliphatic heterocycles. The second kappa shape index (κ2) is 6.61. The Morgan fingerprint density at radius 1 is 1.21 bits per heavy atom. The number of ether oxygens (including phenoxy) is 1. The molecule has 1 aromatic carbocycles. The number of piperidine rings is 2. The Bertz CT molecular complexity index is 786. The van der Waals surface area contributed by atoms with Crippen molar-refractivity contribution in [1.82, 2.24) is 14.5 Å². The predicted octanol–water partition coefficient (Wildman–Crippen LogP) is 2.75. The molecule has 6 nitrogen and oxygen atoms in total. The van der Waals surface area contributed by atoms with Crippen molar-refractivity contribution in [2.75, 3.05) is 7.05 Å². The molecule has 3 heterocycles. The van der Waals surface area contributed by atoms with E-state index in [1.807, 2.05) is 6.07 Å². The molecule has 2 saturated heterocycles. The van der Waals surface area contributed by atoms with Crippen molar-refractivity contribution >= 4 is 29.5 Å². The minimum absolute atomic E-state index is 0. The van der Waals surface area contributed by atoms with Crippen molar-refractivity contribution in [1.29, 1.82) is 0 Å². The monoisotopic (exact) mass is 351 g/mol. The first-order chi connectivity index (χ1) is 11.1. The Morgan fingerprint density at radius 2 is 1.88 bits per heavy atom. The summed E-state index contributed by atoms with van der Waals surface area (Å²) < 4.78 is 6.79. The number of hydrogen-bond acceptors (Lipinski definition) is 4. The number of benzene rings is 1. The quantitative estimate of drug-likeness (QED) is 0.857. The lowest BCUT2D eigenvalue weighted by atomic mass is 9.83. The zero-order valence-electron chi connectivity index (χ0n) is 13.6. The number of aromatic nitrogens is 2. The van der Waals surface area contributed by atoms with E-state index in [1.165, 1.54) is 6.42 Å². The molecule has 4 rings (SSSR count). The SMILES string of the molecule is CN1C2CCCC1CC(OC(=O)n1c(=O)[nH]c3ccccc31)C2.Cl. The molecule has 2 bridgehead atoms. The summed E-state index contributed by atoms with van der Waals surface area (Å²) >= 11 is 0. The van der Waals surface area contributed by atoms with Crippen molar-refractivity contribution in [3.63, 3.8) is 0 Å². The van der Waals surface area contributed by atoms with Gasteiger partial charge in [0.05, 0.1) is 11.0 Å². The predicted molar refractivity (Wildman–Crippen MR) is 93.9 cm³/mol. The number of imidazole rings is 1. The van der Waals surface area contributed by atoms with Crippen LogP contribution in [0.1, 0.15) is 32.1 Å². The van der Waals surface area contributed by atoms with E-state index < -0.39 is 11.8 Å². The summed E-state index contributed by atoms with van der Waals surface area (Å²) in [7, 11) is 2.16. The molecule has 2 unspecified atom stereocenters. The summed E-state index contributed by atoms with van der Waals surface area (Å²) in [6.07, 6.45) is 4.62. The topological polar surface area (TPSA) is 67.3 Å². The van der Waals surface area contributed by atoms with Gasteiger partial charge in [-0.3, -0.25) is 0 Å². The maximum absolute atomic E-state index is 12.5. The highest BCUT2D eigenvalue weighted by molar-refractivity contribution is 5.86. The molecule has 2 atom stereocenters. The van der Waals surface area contributed by atoms with E-state index in [0.29, 0.717) is 23.1 Å². The Morgan fingerprint density at radius 3 is 2.58 bits per heavy atom. The molecule has 130 valence electrons. The standard InChI is InChI=1S/C17H21N3O3.ClH/c1-19-11-5-4-6-12(19)10-13(9-11)23-17(22)20-15-8-3-2-7-14(15)18-16(20)21;/h2-3,7-8,11-13H,4-6,9-10H2,1H3,(H,18,21);1H. The van der Waals surface area contributed by atoms with Gasteiger partial charge in [0.1, 0.15) is 6.10 Å². The molecule has 0 aliphatic carbocycles. The van der Waals surface area contributed by atoms with Crippen LogP contribution < -0.4 is 5.69 Å². The minimum Gasteiger partial charge on any atom is -0.445 e. The van der Waals surface area contributed by atoms with Gasteiger partial charge in [-0.1, -0.05) is 18.6 Å². The average molecular weight is 352 g/mol. The van der Waals surface area contributed by atoms with Crippen LogP contribution in [0.4, 0.5) is 4.79 Å². The zero-order valence-corrected chi connectivity index (χ0v) is 14.4. The van der Waals surface area contributed by atoms with Gasteiger partial charge in [-0.25, -0.2) is 9.59 Å². The second-order valence-corrected chi connectivity index (χ2v) is 6.66. The highest BCUT2D eigenvalue weighted by atomic mass is 35.5. The maximum atomic E-state index is 12.5. The summed E-state index contributed by atoms with van der Waals surface area (Å²) in [5.41, 5.74) is 0.773. The normalized spacial score (nSPS) is 26.8. The van der Waals surface area contributed by atoms with Crippen LogP contribution >= 0.6 is 12.4 Å². The molecule has 24 heavy (non-hydrogen) atoms. The highest BCUT2D eigenvalue weighted by Crippen LogP contribution is 2.34.